The normalized spacial score (nSPS) is 14.7. The van der Waals surface area contributed by atoms with Gasteiger partial charge in [-0.3, -0.25) is 4.79 Å². The molecule has 15 heavy (non-hydrogen) atoms. The van der Waals surface area contributed by atoms with E-state index in [1.807, 2.05) is 0 Å². The predicted octanol–water partition coefficient (Wildman–Crippen LogP) is 1.36. The number of allylic oxidation sites excluding steroid dienone is 4. The minimum atomic E-state index is 0.148. The van der Waals surface area contributed by atoms with Crippen LogP contribution in [-0.2, 0) is 4.79 Å². The summed E-state index contributed by atoms with van der Waals surface area (Å²) in [6.45, 7) is 1.34. The highest BCUT2D eigenvalue weighted by Crippen LogP contribution is 2.15. The largest absolute Gasteiger partial charge is 0.356 e. The van der Waals surface area contributed by atoms with Gasteiger partial charge >= 0.3 is 0 Å². The second-order valence-corrected chi connectivity index (χ2v) is 3.82. The molecule has 3 nitrogen and oxygen atoms in total. The van der Waals surface area contributed by atoms with Crippen molar-refractivity contribution in [1.29, 1.82) is 0 Å². The van der Waals surface area contributed by atoms with Crippen molar-refractivity contribution < 1.29 is 4.79 Å². The van der Waals surface area contributed by atoms with Gasteiger partial charge in [0.25, 0.3) is 0 Å². The molecule has 0 fully saturated rings. The van der Waals surface area contributed by atoms with Crippen LogP contribution in [0.1, 0.15) is 25.7 Å². The highest BCUT2D eigenvalue weighted by molar-refractivity contribution is 5.75. The highest BCUT2D eigenvalue weighted by Gasteiger charge is 2.05. The highest BCUT2D eigenvalue weighted by atomic mass is 16.1. The zero-order valence-electron chi connectivity index (χ0n) is 9.11. The lowest BCUT2D eigenvalue weighted by Gasteiger charge is -2.06. The molecule has 0 bridgehead atoms. The van der Waals surface area contributed by atoms with Crippen LogP contribution in [0.3, 0.4) is 0 Å². The third-order valence-corrected chi connectivity index (χ3v) is 2.47. The van der Waals surface area contributed by atoms with E-state index in [4.69, 9.17) is 5.73 Å². The molecule has 1 rings (SSSR count). The van der Waals surface area contributed by atoms with Crippen LogP contribution in [0.4, 0.5) is 0 Å². The molecule has 0 saturated heterocycles. The Kier molecular flexibility index (Phi) is 5.78. The maximum absolute atomic E-state index is 11.3. The molecule has 0 aromatic carbocycles. The lowest BCUT2D eigenvalue weighted by Crippen LogP contribution is -2.25. The number of nitrogens with one attached hydrogen (secondary N) is 1. The zero-order valence-corrected chi connectivity index (χ0v) is 9.11. The van der Waals surface area contributed by atoms with Crippen LogP contribution < -0.4 is 11.1 Å². The number of nitrogens with two attached hydrogens (primary N) is 1. The van der Waals surface area contributed by atoms with Gasteiger partial charge < -0.3 is 11.1 Å². The van der Waals surface area contributed by atoms with Crippen molar-refractivity contribution in [2.24, 2.45) is 11.7 Å². The van der Waals surface area contributed by atoms with E-state index in [1.165, 1.54) is 0 Å². The van der Waals surface area contributed by atoms with Crippen LogP contribution in [-0.4, -0.2) is 19.0 Å². The van der Waals surface area contributed by atoms with E-state index in [0.29, 0.717) is 25.4 Å². The molecule has 1 aliphatic carbocycles. The molecule has 1 amide bonds. The molecule has 0 heterocycles. The number of amides is 1. The van der Waals surface area contributed by atoms with Crippen LogP contribution in [0.25, 0.3) is 0 Å². The summed E-state index contributed by atoms with van der Waals surface area (Å²) in [6.07, 6.45) is 12.0. The zero-order chi connectivity index (χ0) is 10.9. The van der Waals surface area contributed by atoms with Crippen molar-refractivity contribution in [3.8, 4) is 0 Å². The molecule has 0 unspecified atom stereocenters. The van der Waals surface area contributed by atoms with Crippen molar-refractivity contribution in [2.45, 2.75) is 25.7 Å². The van der Waals surface area contributed by atoms with Crippen molar-refractivity contribution in [2.75, 3.05) is 13.1 Å². The quantitative estimate of drug-likeness (QED) is 0.621. The molecule has 0 aromatic heterocycles. The molecular weight excluding hydrogens is 188 g/mol. The Labute approximate surface area is 91.4 Å². The summed E-state index contributed by atoms with van der Waals surface area (Å²) in [5.74, 6) is 0.691. The second kappa shape index (κ2) is 7.23. The van der Waals surface area contributed by atoms with E-state index in [0.717, 1.165) is 19.3 Å². The topological polar surface area (TPSA) is 55.1 Å². The molecule has 0 aromatic rings. The average molecular weight is 208 g/mol. The van der Waals surface area contributed by atoms with Crippen molar-refractivity contribution in [1.82, 2.24) is 5.32 Å². The van der Waals surface area contributed by atoms with Gasteiger partial charge in [0.05, 0.1) is 0 Å². The fraction of sp³-hybridized carbons (Fsp3) is 0.583. The summed E-state index contributed by atoms with van der Waals surface area (Å²) in [4.78, 5) is 11.3. The minimum absolute atomic E-state index is 0.148. The monoisotopic (exact) mass is 208 g/mol. The molecule has 0 spiro atoms. The third-order valence-electron chi connectivity index (χ3n) is 2.47. The minimum Gasteiger partial charge on any atom is -0.356 e. The lowest BCUT2D eigenvalue weighted by molar-refractivity contribution is -0.121. The van der Waals surface area contributed by atoms with E-state index in [2.05, 4.69) is 29.6 Å². The van der Waals surface area contributed by atoms with Gasteiger partial charge in [0.15, 0.2) is 0 Å². The summed E-state index contributed by atoms with van der Waals surface area (Å²) in [6, 6.07) is 0. The first-order valence-electron chi connectivity index (χ1n) is 5.64. The van der Waals surface area contributed by atoms with E-state index in [9.17, 15) is 4.79 Å². The van der Waals surface area contributed by atoms with Crippen molar-refractivity contribution >= 4 is 5.91 Å². The Balaban J connectivity index is 1.97. The Morgan fingerprint density at radius 2 is 2.00 bits per heavy atom. The van der Waals surface area contributed by atoms with Gasteiger partial charge in [-0.15, -0.1) is 0 Å². The van der Waals surface area contributed by atoms with Gasteiger partial charge in [-0.05, 0) is 31.7 Å². The summed E-state index contributed by atoms with van der Waals surface area (Å²) < 4.78 is 0. The van der Waals surface area contributed by atoms with E-state index in [-0.39, 0.29) is 5.91 Å². The van der Waals surface area contributed by atoms with Crippen LogP contribution in [0.15, 0.2) is 24.3 Å². The number of carbonyl (C=O) groups excluding carboxylic acids is 1. The second-order valence-electron chi connectivity index (χ2n) is 3.82. The van der Waals surface area contributed by atoms with Gasteiger partial charge in [0.1, 0.15) is 0 Å². The van der Waals surface area contributed by atoms with Crippen molar-refractivity contribution in [3.63, 3.8) is 0 Å². The third kappa shape index (κ3) is 5.37. The Morgan fingerprint density at radius 3 is 2.67 bits per heavy atom. The average Bonchev–Trinajstić information content (AvgIpc) is 2.71. The number of hydrogen-bond donors (Lipinski definition) is 2. The first kappa shape index (κ1) is 12.0. The van der Waals surface area contributed by atoms with Crippen molar-refractivity contribution in [3.05, 3.63) is 24.3 Å². The molecule has 0 radical (unpaired) electrons. The lowest BCUT2D eigenvalue weighted by atomic mass is 10.0. The Hall–Kier alpha value is -1.09. The van der Waals surface area contributed by atoms with Gasteiger partial charge in [-0.1, -0.05) is 24.3 Å². The number of rotatable bonds is 7. The SMILES string of the molecule is NCCCNC(=O)CCCC1C=CC=C1. The van der Waals surface area contributed by atoms with E-state index < -0.39 is 0 Å². The molecule has 3 N–H and O–H groups in total. The fourth-order valence-electron chi connectivity index (χ4n) is 1.59. The summed E-state index contributed by atoms with van der Waals surface area (Å²) in [5.41, 5.74) is 5.33. The summed E-state index contributed by atoms with van der Waals surface area (Å²) in [5, 5.41) is 2.85. The molecule has 0 saturated carbocycles. The summed E-state index contributed by atoms with van der Waals surface area (Å²) >= 11 is 0. The smallest absolute Gasteiger partial charge is 0.219 e. The van der Waals surface area contributed by atoms with Crippen LogP contribution in [0.5, 0.6) is 0 Å². The van der Waals surface area contributed by atoms with Crippen LogP contribution in [0.2, 0.25) is 0 Å². The maximum atomic E-state index is 11.3. The predicted molar refractivity (Wildman–Crippen MR) is 62.3 cm³/mol. The molecule has 1 aliphatic rings. The summed E-state index contributed by atoms with van der Waals surface area (Å²) in [7, 11) is 0. The number of carbonyl (C=O) groups is 1. The van der Waals surface area contributed by atoms with E-state index >= 15 is 0 Å². The molecule has 84 valence electrons. The Bertz CT molecular complexity index is 234. The van der Waals surface area contributed by atoms with Gasteiger partial charge in [-0.25, -0.2) is 0 Å². The maximum Gasteiger partial charge on any atom is 0.219 e. The molecule has 0 aliphatic heterocycles. The first-order chi connectivity index (χ1) is 7.33. The van der Waals surface area contributed by atoms with E-state index in [1.54, 1.807) is 0 Å². The molecule has 0 atom stereocenters. The van der Waals surface area contributed by atoms with Gasteiger partial charge in [-0.2, -0.15) is 0 Å². The van der Waals surface area contributed by atoms with Gasteiger partial charge in [0, 0.05) is 13.0 Å². The Morgan fingerprint density at radius 1 is 1.27 bits per heavy atom. The molecular formula is C12H20N2O. The number of hydrogen-bond acceptors (Lipinski definition) is 2. The molecule has 3 heteroatoms. The van der Waals surface area contributed by atoms with Crippen LogP contribution >= 0.6 is 0 Å². The first-order valence-corrected chi connectivity index (χ1v) is 5.64. The standard InChI is InChI=1S/C12H20N2O/c13-9-4-10-14-12(15)8-3-7-11-5-1-2-6-11/h1-2,5-6,11H,3-4,7-10,13H2,(H,14,15). The van der Waals surface area contributed by atoms with Gasteiger partial charge in [0.2, 0.25) is 5.91 Å². The van der Waals surface area contributed by atoms with Crippen LogP contribution in [0, 0.1) is 5.92 Å². The fourth-order valence-corrected chi connectivity index (χ4v) is 1.59.